The molecule has 0 radical (unpaired) electrons. The molecule has 0 bridgehead atoms. The van der Waals surface area contributed by atoms with E-state index >= 15 is 0 Å². The minimum Gasteiger partial charge on any atom is -0.464 e. The van der Waals surface area contributed by atoms with Gasteiger partial charge in [-0.05, 0) is 39.6 Å². The third-order valence-electron chi connectivity index (χ3n) is 6.42. The molecule has 1 aliphatic rings. The van der Waals surface area contributed by atoms with Crippen molar-refractivity contribution in [1.29, 1.82) is 0 Å². The second-order valence-corrected chi connectivity index (χ2v) is 10.6. The summed E-state index contributed by atoms with van der Waals surface area (Å²) < 4.78 is 5.31. The first-order valence-corrected chi connectivity index (χ1v) is 14.1. The number of benzene rings is 1. The lowest BCUT2D eigenvalue weighted by molar-refractivity contribution is -0.156. The molecule has 3 N–H and O–H groups in total. The van der Waals surface area contributed by atoms with E-state index in [2.05, 4.69) is 25.1 Å². The number of aryl methyl sites for hydroxylation is 1. The van der Waals surface area contributed by atoms with Gasteiger partial charge in [0.1, 0.15) is 11.5 Å². The van der Waals surface area contributed by atoms with Gasteiger partial charge in [-0.3, -0.25) is 9.80 Å². The Labute approximate surface area is 242 Å². The Bertz CT molecular complexity index is 1320. The molecule has 214 valence electrons. The predicted octanol–water partition coefficient (Wildman–Crippen LogP) is 3.30. The molecule has 4 rings (SSSR count). The lowest BCUT2D eigenvalue weighted by atomic mass is 10.2. The Morgan fingerprint density at radius 1 is 1.23 bits per heavy atom. The zero-order valence-corrected chi connectivity index (χ0v) is 24.6. The predicted molar refractivity (Wildman–Crippen MR) is 157 cm³/mol. The van der Waals surface area contributed by atoms with Gasteiger partial charge in [0.25, 0.3) is 0 Å². The number of carbonyl (C=O) groups is 2. The minimum absolute atomic E-state index is 0.205. The van der Waals surface area contributed by atoms with E-state index in [4.69, 9.17) is 27.1 Å². The van der Waals surface area contributed by atoms with Crippen LogP contribution in [-0.4, -0.2) is 89.8 Å². The van der Waals surface area contributed by atoms with Crippen molar-refractivity contribution >= 4 is 57.3 Å². The number of carbonyl (C=O) groups excluding carboxylic acids is 2. The number of anilines is 4. The first-order chi connectivity index (χ1) is 19.2. The maximum absolute atomic E-state index is 13.8. The van der Waals surface area contributed by atoms with Crippen molar-refractivity contribution in [2.45, 2.75) is 26.6 Å². The van der Waals surface area contributed by atoms with E-state index in [0.29, 0.717) is 71.5 Å². The Morgan fingerprint density at radius 2 is 1.98 bits per heavy atom. The summed E-state index contributed by atoms with van der Waals surface area (Å²) in [6.07, 6.45) is 2.77. The molecule has 14 heteroatoms. The van der Waals surface area contributed by atoms with Gasteiger partial charge >= 0.3 is 12.0 Å². The number of aromatic nitrogens is 3. The lowest BCUT2D eigenvalue weighted by Crippen LogP contribution is -2.58. The fourth-order valence-electron chi connectivity index (χ4n) is 4.59. The highest BCUT2D eigenvalue weighted by atomic mass is 35.5. The van der Waals surface area contributed by atoms with Gasteiger partial charge in [-0.1, -0.05) is 23.7 Å². The zero-order chi connectivity index (χ0) is 28.8. The largest absolute Gasteiger partial charge is 0.464 e. The van der Waals surface area contributed by atoms with Crippen LogP contribution in [0.2, 0.25) is 5.02 Å². The Hall–Kier alpha value is -3.36. The summed E-state index contributed by atoms with van der Waals surface area (Å²) in [4.78, 5) is 47.5. The van der Waals surface area contributed by atoms with Crippen molar-refractivity contribution in [2.75, 3.05) is 62.0 Å². The number of nitrogens with two attached hydrogens (primary N) is 1. The van der Waals surface area contributed by atoms with Crippen LogP contribution in [0.1, 0.15) is 18.3 Å². The third kappa shape index (κ3) is 6.50. The number of urea groups is 1. The van der Waals surface area contributed by atoms with E-state index in [9.17, 15) is 9.59 Å². The highest BCUT2D eigenvalue weighted by Crippen LogP contribution is 2.36. The molecule has 1 unspecified atom stereocenters. The van der Waals surface area contributed by atoms with Gasteiger partial charge in [-0.2, -0.15) is 0 Å². The molecule has 1 fully saturated rings. The van der Waals surface area contributed by atoms with E-state index in [-0.39, 0.29) is 12.5 Å². The number of hydrogen-bond acceptors (Lipinski definition) is 11. The van der Waals surface area contributed by atoms with Crippen LogP contribution >= 0.6 is 22.9 Å². The number of nitrogens with one attached hydrogen (secondary N) is 1. The molecule has 1 aromatic carbocycles. The average Bonchev–Trinajstić information content (AvgIpc) is 3.46. The standard InChI is InChI=1S/C26H34ClN9O3S/c1-5-39-24(37)23(33(3)4)35-12-10-34(11-13-35)22-20(16-30-17(2)31-22)36(26-29-9-14-40-26)25(38)32-21-18(15-28)7-6-8-19(21)27/h6-9,14,16,23H,5,10-13,15,28H2,1-4H3,(H,32,38). The smallest absolute Gasteiger partial charge is 0.338 e. The van der Waals surface area contributed by atoms with E-state index in [0.717, 1.165) is 0 Å². The van der Waals surface area contributed by atoms with Crippen LogP contribution in [0.15, 0.2) is 36.0 Å². The Kier molecular flexibility index (Phi) is 9.87. The fraction of sp³-hybridized carbons (Fsp3) is 0.423. The summed E-state index contributed by atoms with van der Waals surface area (Å²) in [7, 11) is 3.72. The average molecular weight is 588 g/mol. The van der Waals surface area contributed by atoms with E-state index < -0.39 is 12.2 Å². The molecule has 1 aliphatic heterocycles. The van der Waals surface area contributed by atoms with Crippen molar-refractivity contribution in [1.82, 2.24) is 24.8 Å². The van der Waals surface area contributed by atoms with Gasteiger partial charge in [0.05, 0.1) is 23.5 Å². The van der Waals surface area contributed by atoms with Crippen molar-refractivity contribution in [2.24, 2.45) is 5.73 Å². The van der Waals surface area contributed by atoms with E-state index in [1.54, 1.807) is 43.8 Å². The number of rotatable bonds is 9. The van der Waals surface area contributed by atoms with Crippen molar-refractivity contribution in [3.8, 4) is 0 Å². The molecule has 1 atom stereocenters. The number of nitrogens with zero attached hydrogens (tertiary/aromatic N) is 7. The quantitative estimate of drug-likeness (QED) is 0.359. The molecule has 3 aromatic rings. The Morgan fingerprint density at radius 3 is 2.60 bits per heavy atom. The SMILES string of the molecule is CCOC(=O)C(N(C)C)N1CCN(c2nc(C)ncc2N(C(=O)Nc2c(Cl)cccc2CN)c2nccs2)CC1. The number of piperazine rings is 1. The molecule has 12 nitrogen and oxygen atoms in total. The summed E-state index contributed by atoms with van der Waals surface area (Å²) in [5, 5.41) is 5.54. The van der Waals surface area contributed by atoms with Gasteiger partial charge in [0.2, 0.25) is 0 Å². The second kappa shape index (κ2) is 13.3. The maximum atomic E-state index is 13.8. The number of esters is 1. The molecule has 0 spiro atoms. The lowest BCUT2D eigenvalue weighted by Gasteiger charge is -2.41. The summed E-state index contributed by atoms with van der Waals surface area (Å²) in [5.41, 5.74) is 7.52. The number of likely N-dealkylation sites (N-methyl/N-ethyl adjacent to an activating group) is 1. The van der Waals surface area contributed by atoms with Crippen LogP contribution in [0, 0.1) is 6.92 Å². The second-order valence-electron chi connectivity index (χ2n) is 9.30. The van der Waals surface area contributed by atoms with Crippen LogP contribution in [0.5, 0.6) is 0 Å². The molecule has 40 heavy (non-hydrogen) atoms. The monoisotopic (exact) mass is 587 g/mol. The summed E-state index contributed by atoms with van der Waals surface area (Å²) in [6.45, 7) is 6.45. The summed E-state index contributed by atoms with van der Waals surface area (Å²) in [6, 6.07) is 4.82. The molecule has 3 heterocycles. The molecular formula is C26H34ClN9O3S. The van der Waals surface area contributed by atoms with Crippen molar-refractivity contribution < 1.29 is 14.3 Å². The van der Waals surface area contributed by atoms with E-state index in [1.807, 2.05) is 25.1 Å². The van der Waals surface area contributed by atoms with Crippen LogP contribution in [0.4, 0.5) is 27.1 Å². The molecule has 2 aromatic heterocycles. The topological polar surface area (TPSA) is 133 Å². The summed E-state index contributed by atoms with van der Waals surface area (Å²) >= 11 is 7.74. The minimum atomic E-state index is -0.487. The van der Waals surface area contributed by atoms with Crippen molar-refractivity contribution in [3.63, 3.8) is 0 Å². The number of thiazole rings is 1. The van der Waals surface area contributed by atoms with Crippen LogP contribution < -0.4 is 20.9 Å². The van der Waals surface area contributed by atoms with Crippen LogP contribution in [-0.2, 0) is 16.1 Å². The fourth-order valence-corrected chi connectivity index (χ4v) is 5.48. The zero-order valence-electron chi connectivity index (χ0n) is 23.0. The molecule has 0 aliphatic carbocycles. The number of amides is 2. The normalized spacial score (nSPS) is 14.7. The van der Waals surface area contributed by atoms with Gasteiger partial charge in [0, 0.05) is 44.3 Å². The highest BCUT2D eigenvalue weighted by Gasteiger charge is 2.34. The Balaban J connectivity index is 1.65. The number of para-hydroxylation sites is 1. The van der Waals surface area contributed by atoms with Gasteiger partial charge < -0.3 is 20.7 Å². The van der Waals surface area contributed by atoms with Gasteiger partial charge in [-0.15, -0.1) is 11.3 Å². The van der Waals surface area contributed by atoms with Crippen molar-refractivity contribution in [3.05, 3.63) is 52.4 Å². The van der Waals surface area contributed by atoms with E-state index in [1.165, 1.54) is 16.2 Å². The first kappa shape index (κ1) is 29.6. The first-order valence-electron chi connectivity index (χ1n) is 12.9. The van der Waals surface area contributed by atoms with Crippen LogP contribution in [0.25, 0.3) is 0 Å². The third-order valence-corrected chi connectivity index (χ3v) is 7.49. The number of halogens is 1. The maximum Gasteiger partial charge on any atom is 0.338 e. The molecule has 1 saturated heterocycles. The van der Waals surface area contributed by atoms with Gasteiger partial charge in [0.15, 0.2) is 17.1 Å². The highest BCUT2D eigenvalue weighted by molar-refractivity contribution is 7.13. The molecule has 2 amide bonds. The summed E-state index contributed by atoms with van der Waals surface area (Å²) in [5.74, 6) is 0.880. The molecular weight excluding hydrogens is 554 g/mol. The number of hydrogen-bond donors (Lipinski definition) is 2. The van der Waals surface area contributed by atoms with Crippen LogP contribution in [0.3, 0.4) is 0 Å². The van der Waals surface area contributed by atoms with Gasteiger partial charge in [-0.25, -0.2) is 29.4 Å². The molecule has 0 saturated carbocycles. The number of ether oxygens (including phenoxy) is 1.